The molecule has 13 heteroatoms. The van der Waals surface area contributed by atoms with Crippen molar-refractivity contribution in [2.24, 2.45) is 5.92 Å². The first-order valence-electron chi connectivity index (χ1n) is 10.4. The summed E-state index contributed by atoms with van der Waals surface area (Å²) in [5.74, 6) is -5.79. The molecule has 1 aliphatic carbocycles. The molecule has 0 saturated heterocycles. The van der Waals surface area contributed by atoms with E-state index in [1.54, 1.807) is 0 Å². The standard InChI is InChI=1S/C24H15Cl3F5N3O2/c25-14-5-4-12(9-13(14)21(36)35-16-7-6-15(28)20(33)19(16)29)34-22(37)18-17(23(18,26)27)10-2-1-3-11(8-10)24(30,31)32/h1-9,17-18H,33H2,(H,34,37)(H,35,36). The van der Waals surface area contributed by atoms with E-state index in [-0.39, 0.29) is 21.8 Å². The van der Waals surface area contributed by atoms with Gasteiger partial charge < -0.3 is 16.4 Å². The summed E-state index contributed by atoms with van der Waals surface area (Å²) in [6, 6.07) is 10.0. The molecule has 1 saturated carbocycles. The van der Waals surface area contributed by atoms with E-state index in [2.05, 4.69) is 10.6 Å². The van der Waals surface area contributed by atoms with Gasteiger partial charge in [-0.3, -0.25) is 9.59 Å². The van der Waals surface area contributed by atoms with Crippen LogP contribution in [0.3, 0.4) is 0 Å². The van der Waals surface area contributed by atoms with E-state index < -0.39 is 62.7 Å². The summed E-state index contributed by atoms with van der Waals surface area (Å²) >= 11 is 18.6. The molecule has 194 valence electrons. The number of alkyl halides is 5. The smallest absolute Gasteiger partial charge is 0.394 e. The maximum absolute atomic E-state index is 14.2. The van der Waals surface area contributed by atoms with Crippen LogP contribution in [0.1, 0.15) is 27.4 Å². The molecule has 0 spiro atoms. The average Bonchev–Trinajstić information content (AvgIpc) is 3.42. The molecule has 0 aliphatic heterocycles. The van der Waals surface area contributed by atoms with Gasteiger partial charge in [0.2, 0.25) is 5.91 Å². The average molecular weight is 579 g/mol. The molecular formula is C24H15Cl3F5N3O2. The van der Waals surface area contributed by atoms with Gasteiger partial charge in [-0.2, -0.15) is 13.2 Å². The summed E-state index contributed by atoms with van der Waals surface area (Å²) in [6.07, 6.45) is -4.59. The van der Waals surface area contributed by atoms with Crippen molar-refractivity contribution >= 4 is 63.7 Å². The monoisotopic (exact) mass is 577 g/mol. The Labute approximate surface area is 221 Å². The van der Waals surface area contributed by atoms with Crippen LogP contribution in [0.15, 0.2) is 54.6 Å². The number of nitrogens with two attached hydrogens (primary N) is 1. The lowest BCUT2D eigenvalue weighted by Gasteiger charge is -2.12. The highest BCUT2D eigenvalue weighted by atomic mass is 35.5. The fourth-order valence-electron chi connectivity index (χ4n) is 3.83. The number of hydrogen-bond donors (Lipinski definition) is 3. The Morgan fingerprint density at radius 1 is 0.973 bits per heavy atom. The van der Waals surface area contributed by atoms with Gasteiger partial charge in [-0.05, 0) is 42.0 Å². The number of benzene rings is 3. The fraction of sp³-hybridized carbons (Fsp3) is 0.167. The van der Waals surface area contributed by atoms with Crippen LogP contribution in [-0.4, -0.2) is 16.1 Å². The molecule has 0 bridgehead atoms. The summed E-state index contributed by atoms with van der Waals surface area (Å²) in [6.45, 7) is 0. The molecule has 3 aromatic rings. The minimum absolute atomic E-state index is 0.0525. The fourth-order valence-corrected chi connectivity index (χ4v) is 4.86. The van der Waals surface area contributed by atoms with Crippen LogP contribution >= 0.6 is 34.8 Å². The molecule has 4 rings (SSSR count). The minimum atomic E-state index is -4.59. The van der Waals surface area contributed by atoms with Crippen molar-refractivity contribution in [3.8, 4) is 0 Å². The third-order valence-electron chi connectivity index (χ3n) is 5.76. The maximum Gasteiger partial charge on any atom is 0.416 e. The Bertz CT molecular complexity index is 1410. The van der Waals surface area contributed by atoms with Crippen LogP contribution in [0, 0.1) is 17.6 Å². The Balaban J connectivity index is 1.52. The Morgan fingerprint density at radius 2 is 1.68 bits per heavy atom. The van der Waals surface area contributed by atoms with Crippen LogP contribution in [0.2, 0.25) is 5.02 Å². The number of amides is 2. The summed E-state index contributed by atoms with van der Waals surface area (Å²) in [5, 5.41) is 4.67. The lowest BCUT2D eigenvalue weighted by molar-refractivity contribution is -0.137. The lowest BCUT2D eigenvalue weighted by Crippen LogP contribution is -2.18. The number of nitrogen functional groups attached to an aromatic ring is 1. The Morgan fingerprint density at radius 3 is 2.35 bits per heavy atom. The number of hydrogen-bond acceptors (Lipinski definition) is 3. The number of anilines is 3. The maximum atomic E-state index is 14.2. The number of nitrogens with one attached hydrogen (secondary N) is 2. The number of halogens is 8. The molecule has 5 nitrogen and oxygen atoms in total. The summed E-state index contributed by atoms with van der Waals surface area (Å²) in [5.41, 5.74) is 3.25. The highest BCUT2D eigenvalue weighted by Gasteiger charge is 2.67. The second-order valence-corrected chi connectivity index (χ2v) is 10.1. The predicted molar refractivity (Wildman–Crippen MR) is 131 cm³/mol. The number of carbonyl (C=O) groups excluding carboxylic acids is 2. The molecule has 2 atom stereocenters. The number of rotatable bonds is 5. The van der Waals surface area contributed by atoms with Gasteiger partial charge in [0.25, 0.3) is 5.91 Å². The first-order chi connectivity index (χ1) is 17.2. The van der Waals surface area contributed by atoms with Gasteiger partial charge in [0, 0.05) is 11.6 Å². The molecule has 1 aliphatic rings. The van der Waals surface area contributed by atoms with Gasteiger partial charge in [-0.15, -0.1) is 23.2 Å². The van der Waals surface area contributed by atoms with E-state index in [0.717, 1.165) is 24.3 Å². The van der Waals surface area contributed by atoms with Gasteiger partial charge in [0.15, 0.2) is 5.82 Å². The molecule has 0 heterocycles. The van der Waals surface area contributed by atoms with E-state index in [0.29, 0.717) is 0 Å². The highest BCUT2D eigenvalue weighted by molar-refractivity contribution is 6.53. The van der Waals surface area contributed by atoms with Crippen LogP contribution in [0.4, 0.5) is 39.0 Å². The largest absolute Gasteiger partial charge is 0.416 e. The molecular weight excluding hydrogens is 564 g/mol. The number of carbonyl (C=O) groups is 2. The first-order valence-corrected chi connectivity index (χ1v) is 11.6. The molecule has 2 unspecified atom stereocenters. The van der Waals surface area contributed by atoms with Crippen molar-refractivity contribution in [3.63, 3.8) is 0 Å². The van der Waals surface area contributed by atoms with Crippen LogP contribution in [0.25, 0.3) is 0 Å². The molecule has 2 amide bonds. The molecule has 1 fully saturated rings. The summed E-state index contributed by atoms with van der Waals surface area (Å²) in [4.78, 5) is 25.6. The minimum Gasteiger partial charge on any atom is -0.394 e. The molecule has 0 radical (unpaired) electrons. The SMILES string of the molecule is Nc1c(F)ccc(NC(=O)c2cc(NC(=O)C3C(c4cccc(C(F)(F)F)c4)C3(Cl)Cl)ccc2Cl)c1F. The van der Waals surface area contributed by atoms with E-state index in [1.165, 1.54) is 30.3 Å². The van der Waals surface area contributed by atoms with Gasteiger partial charge in [-0.25, -0.2) is 8.78 Å². The van der Waals surface area contributed by atoms with Crippen LogP contribution < -0.4 is 16.4 Å². The zero-order valence-corrected chi connectivity index (χ0v) is 20.5. The second-order valence-electron chi connectivity index (χ2n) is 8.21. The quantitative estimate of drug-likeness (QED) is 0.173. The molecule has 4 N–H and O–H groups in total. The van der Waals surface area contributed by atoms with Crippen molar-refractivity contribution in [1.29, 1.82) is 0 Å². The summed E-state index contributed by atoms with van der Waals surface area (Å²) < 4.78 is 65.2. The van der Waals surface area contributed by atoms with E-state index in [4.69, 9.17) is 40.5 Å². The van der Waals surface area contributed by atoms with Crippen LogP contribution in [-0.2, 0) is 11.0 Å². The van der Waals surface area contributed by atoms with Gasteiger partial charge in [-0.1, -0.05) is 29.8 Å². The van der Waals surface area contributed by atoms with Gasteiger partial charge in [0.05, 0.1) is 27.8 Å². The van der Waals surface area contributed by atoms with Crippen molar-refractivity contribution in [2.45, 2.75) is 16.4 Å². The molecule has 37 heavy (non-hydrogen) atoms. The highest BCUT2D eigenvalue weighted by Crippen LogP contribution is 2.65. The Kier molecular flexibility index (Phi) is 7.04. The van der Waals surface area contributed by atoms with E-state index in [9.17, 15) is 31.5 Å². The molecule has 3 aromatic carbocycles. The normalized spacial score (nSPS) is 18.3. The first kappa shape index (κ1) is 27.0. The van der Waals surface area contributed by atoms with Gasteiger partial charge in [0.1, 0.15) is 15.8 Å². The van der Waals surface area contributed by atoms with Crippen molar-refractivity contribution in [1.82, 2.24) is 0 Å². The van der Waals surface area contributed by atoms with Crippen molar-refractivity contribution in [3.05, 3.63) is 87.9 Å². The van der Waals surface area contributed by atoms with Crippen molar-refractivity contribution in [2.75, 3.05) is 16.4 Å². The van der Waals surface area contributed by atoms with E-state index in [1.807, 2.05) is 0 Å². The zero-order valence-electron chi connectivity index (χ0n) is 18.3. The lowest BCUT2D eigenvalue weighted by atomic mass is 10.1. The topological polar surface area (TPSA) is 84.2 Å². The van der Waals surface area contributed by atoms with Crippen LogP contribution in [0.5, 0.6) is 0 Å². The second kappa shape index (κ2) is 9.66. The third-order valence-corrected chi connectivity index (χ3v) is 7.03. The Hall–Kier alpha value is -3.08. The van der Waals surface area contributed by atoms with Crippen molar-refractivity contribution < 1.29 is 31.5 Å². The predicted octanol–water partition coefficient (Wildman–Crippen LogP) is 7.00. The zero-order chi connectivity index (χ0) is 27.3. The van der Waals surface area contributed by atoms with Gasteiger partial charge >= 0.3 is 6.18 Å². The third kappa shape index (κ3) is 5.32. The summed E-state index contributed by atoms with van der Waals surface area (Å²) in [7, 11) is 0. The molecule has 0 aromatic heterocycles. The van der Waals surface area contributed by atoms with E-state index >= 15 is 0 Å².